The van der Waals surface area contributed by atoms with Gasteiger partial charge in [0.1, 0.15) is 0 Å². The molecule has 1 aliphatic carbocycles. The van der Waals surface area contributed by atoms with E-state index >= 15 is 0 Å². The fourth-order valence-corrected chi connectivity index (χ4v) is 2.77. The summed E-state index contributed by atoms with van der Waals surface area (Å²) < 4.78 is 0. The first-order valence-electron chi connectivity index (χ1n) is 6.10. The lowest BCUT2D eigenvalue weighted by atomic mass is 9.94. The van der Waals surface area contributed by atoms with Crippen molar-refractivity contribution in [3.05, 3.63) is 0 Å². The Labute approximate surface area is 91.9 Å². The lowest BCUT2D eigenvalue weighted by Gasteiger charge is -2.40. The molecule has 0 radical (unpaired) electrons. The summed E-state index contributed by atoms with van der Waals surface area (Å²) in [4.78, 5) is 4.57. The van der Waals surface area contributed by atoms with E-state index in [0.717, 1.165) is 32.2 Å². The van der Waals surface area contributed by atoms with E-state index in [0.29, 0.717) is 0 Å². The number of nitrogens with one attached hydrogen (secondary N) is 1. The minimum Gasteiger partial charge on any atom is -0.370 e. The van der Waals surface area contributed by atoms with E-state index in [4.69, 9.17) is 11.1 Å². The molecule has 0 spiro atoms. The van der Waals surface area contributed by atoms with E-state index in [2.05, 4.69) is 4.90 Å². The van der Waals surface area contributed by atoms with Crippen LogP contribution in [-0.2, 0) is 0 Å². The van der Waals surface area contributed by atoms with E-state index in [1.807, 2.05) is 4.90 Å². The summed E-state index contributed by atoms with van der Waals surface area (Å²) in [6, 6.07) is 0.813. The van der Waals surface area contributed by atoms with Gasteiger partial charge >= 0.3 is 0 Å². The standard InChI is InChI=1S/C11H22N4/c12-11(13)15-8-6-14(7-9-15)10-4-2-1-3-5-10/h10H,1-9H2,(H3,12,13). The largest absolute Gasteiger partial charge is 0.370 e. The van der Waals surface area contributed by atoms with Gasteiger partial charge in [0.05, 0.1) is 0 Å². The summed E-state index contributed by atoms with van der Waals surface area (Å²) in [6.07, 6.45) is 6.97. The maximum Gasteiger partial charge on any atom is 0.188 e. The van der Waals surface area contributed by atoms with Crippen molar-refractivity contribution in [1.29, 1.82) is 5.41 Å². The van der Waals surface area contributed by atoms with Crippen molar-refractivity contribution in [1.82, 2.24) is 9.80 Å². The van der Waals surface area contributed by atoms with Crippen LogP contribution in [0.2, 0.25) is 0 Å². The van der Waals surface area contributed by atoms with Crippen molar-refractivity contribution in [2.24, 2.45) is 5.73 Å². The van der Waals surface area contributed by atoms with Crippen molar-refractivity contribution in [2.75, 3.05) is 26.2 Å². The second kappa shape index (κ2) is 4.84. The highest BCUT2D eigenvalue weighted by atomic mass is 15.3. The van der Waals surface area contributed by atoms with Crippen LogP contribution in [0.4, 0.5) is 0 Å². The molecular weight excluding hydrogens is 188 g/mol. The molecule has 0 aromatic heterocycles. The van der Waals surface area contributed by atoms with Gasteiger partial charge in [-0.1, -0.05) is 19.3 Å². The molecular formula is C11H22N4. The normalized spacial score (nSPS) is 25.5. The molecule has 4 nitrogen and oxygen atoms in total. The number of nitrogens with zero attached hydrogens (tertiary/aromatic N) is 2. The minimum atomic E-state index is 0.235. The number of hydrogen-bond acceptors (Lipinski definition) is 2. The lowest BCUT2D eigenvalue weighted by molar-refractivity contribution is 0.106. The first kappa shape index (κ1) is 10.7. The molecule has 0 bridgehead atoms. The van der Waals surface area contributed by atoms with Crippen LogP contribution in [0.3, 0.4) is 0 Å². The van der Waals surface area contributed by atoms with Gasteiger partial charge in [0.25, 0.3) is 0 Å². The Morgan fingerprint density at radius 3 is 2.13 bits per heavy atom. The van der Waals surface area contributed by atoms with Gasteiger partial charge in [0, 0.05) is 32.2 Å². The van der Waals surface area contributed by atoms with Crippen molar-refractivity contribution >= 4 is 5.96 Å². The van der Waals surface area contributed by atoms with Crippen LogP contribution in [-0.4, -0.2) is 48.0 Å². The molecule has 1 aliphatic heterocycles. The number of guanidine groups is 1. The predicted molar refractivity (Wildman–Crippen MR) is 61.9 cm³/mol. The Hall–Kier alpha value is -0.770. The fourth-order valence-electron chi connectivity index (χ4n) is 2.77. The van der Waals surface area contributed by atoms with Gasteiger partial charge in [-0.15, -0.1) is 0 Å². The van der Waals surface area contributed by atoms with Crippen LogP contribution in [0.15, 0.2) is 0 Å². The van der Waals surface area contributed by atoms with Gasteiger partial charge in [-0.2, -0.15) is 0 Å². The van der Waals surface area contributed by atoms with Crippen LogP contribution in [0.5, 0.6) is 0 Å². The summed E-state index contributed by atoms with van der Waals surface area (Å²) in [6.45, 7) is 4.05. The number of piperazine rings is 1. The van der Waals surface area contributed by atoms with Crippen LogP contribution in [0, 0.1) is 5.41 Å². The molecule has 2 aliphatic rings. The predicted octanol–water partition coefficient (Wildman–Crippen LogP) is 0.830. The molecule has 1 saturated heterocycles. The Balaban J connectivity index is 1.79. The molecule has 0 aromatic carbocycles. The van der Waals surface area contributed by atoms with Crippen LogP contribution >= 0.6 is 0 Å². The third-order valence-electron chi connectivity index (χ3n) is 3.75. The molecule has 2 rings (SSSR count). The van der Waals surface area contributed by atoms with Gasteiger partial charge in [-0.05, 0) is 12.8 Å². The summed E-state index contributed by atoms with van der Waals surface area (Å²) in [5, 5.41) is 7.38. The Bertz CT molecular complexity index is 215. The summed E-state index contributed by atoms with van der Waals surface area (Å²) in [7, 11) is 0. The smallest absolute Gasteiger partial charge is 0.188 e. The van der Waals surface area contributed by atoms with E-state index in [9.17, 15) is 0 Å². The molecule has 86 valence electrons. The highest BCUT2D eigenvalue weighted by Gasteiger charge is 2.25. The van der Waals surface area contributed by atoms with Gasteiger partial charge < -0.3 is 10.6 Å². The third-order valence-corrected chi connectivity index (χ3v) is 3.75. The van der Waals surface area contributed by atoms with Gasteiger partial charge in [0.2, 0.25) is 0 Å². The minimum absolute atomic E-state index is 0.235. The zero-order valence-corrected chi connectivity index (χ0v) is 9.41. The molecule has 1 heterocycles. The zero-order valence-electron chi connectivity index (χ0n) is 9.41. The SMILES string of the molecule is N=C(N)N1CCN(C2CCCCC2)CC1. The molecule has 2 fully saturated rings. The highest BCUT2D eigenvalue weighted by Crippen LogP contribution is 2.23. The topological polar surface area (TPSA) is 56.4 Å². The van der Waals surface area contributed by atoms with Crippen molar-refractivity contribution in [3.63, 3.8) is 0 Å². The molecule has 0 aromatic rings. The summed E-state index contributed by atoms with van der Waals surface area (Å²) >= 11 is 0. The molecule has 0 amide bonds. The summed E-state index contributed by atoms with van der Waals surface area (Å²) in [5.74, 6) is 0.235. The zero-order chi connectivity index (χ0) is 10.7. The molecule has 15 heavy (non-hydrogen) atoms. The van der Waals surface area contributed by atoms with Crippen molar-refractivity contribution < 1.29 is 0 Å². The Morgan fingerprint density at radius 1 is 1.00 bits per heavy atom. The average molecular weight is 210 g/mol. The quantitative estimate of drug-likeness (QED) is 0.498. The first-order chi connectivity index (χ1) is 7.27. The lowest BCUT2D eigenvalue weighted by Crippen LogP contribution is -2.53. The monoisotopic (exact) mass is 210 g/mol. The first-order valence-corrected chi connectivity index (χ1v) is 6.10. The Morgan fingerprint density at radius 2 is 1.60 bits per heavy atom. The highest BCUT2D eigenvalue weighted by molar-refractivity contribution is 5.74. The van der Waals surface area contributed by atoms with Crippen LogP contribution < -0.4 is 5.73 Å². The van der Waals surface area contributed by atoms with Gasteiger partial charge in [-0.25, -0.2) is 0 Å². The van der Waals surface area contributed by atoms with Gasteiger partial charge in [-0.3, -0.25) is 10.3 Å². The number of nitrogens with two attached hydrogens (primary N) is 1. The van der Waals surface area contributed by atoms with Crippen molar-refractivity contribution in [3.8, 4) is 0 Å². The van der Waals surface area contributed by atoms with E-state index in [1.165, 1.54) is 32.1 Å². The van der Waals surface area contributed by atoms with E-state index in [1.54, 1.807) is 0 Å². The molecule has 0 unspecified atom stereocenters. The number of rotatable bonds is 1. The molecule has 3 N–H and O–H groups in total. The fraction of sp³-hybridized carbons (Fsp3) is 0.909. The van der Waals surface area contributed by atoms with E-state index in [-0.39, 0.29) is 5.96 Å². The maximum absolute atomic E-state index is 7.38. The maximum atomic E-state index is 7.38. The van der Waals surface area contributed by atoms with Crippen molar-refractivity contribution in [2.45, 2.75) is 38.1 Å². The summed E-state index contributed by atoms with van der Waals surface area (Å²) in [5.41, 5.74) is 5.48. The van der Waals surface area contributed by atoms with Gasteiger partial charge in [0.15, 0.2) is 5.96 Å². The number of hydrogen-bond donors (Lipinski definition) is 2. The van der Waals surface area contributed by atoms with Crippen LogP contribution in [0.25, 0.3) is 0 Å². The average Bonchev–Trinajstić information content (AvgIpc) is 2.30. The molecule has 1 saturated carbocycles. The third kappa shape index (κ3) is 2.62. The second-order valence-electron chi connectivity index (χ2n) is 4.70. The second-order valence-corrected chi connectivity index (χ2v) is 4.70. The molecule has 0 atom stereocenters. The Kier molecular flexibility index (Phi) is 3.46. The van der Waals surface area contributed by atoms with Crippen LogP contribution in [0.1, 0.15) is 32.1 Å². The van der Waals surface area contributed by atoms with E-state index < -0.39 is 0 Å². The molecule has 4 heteroatoms.